The molecule has 1 amide bonds. The van der Waals surface area contributed by atoms with E-state index in [2.05, 4.69) is 15.3 Å². The van der Waals surface area contributed by atoms with Crippen LogP contribution in [0.1, 0.15) is 79.9 Å². The van der Waals surface area contributed by atoms with E-state index < -0.39 is 72.1 Å². The van der Waals surface area contributed by atoms with Crippen LogP contribution in [0.2, 0.25) is 0 Å². The molecule has 3 aliphatic carbocycles. The van der Waals surface area contributed by atoms with Gasteiger partial charge in [-0.25, -0.2) is 18.7 Å². The molecule has 2 unspecified atom stereocenters. The minimum Gasteiger partial charge on any atom is -0.488 e. The highest BCUT2D eigenvalue weighted by atomic mass is 19.4. The lowest BCUT2D eigenvalue weighted by Gasteiger charge is -2.41. The van der Waals surface area contributed by atoms with Gasteiger partial charge in [0.25, 0.3) is 5.91 Å². The molecule has 2 N–H and O–H groups in total. The van der Waals surface area contributed by atoms with Crippen molar-refractivity contribution in [2.45, 2.75) is 94.3 Å². The third-order valence-corrected chi connectivity index (χ3v) is 10.9. The van der Waals surface area contributed by atoms with Gasteiger partial charge in [-0.2, -0.15) is 26.3 Å². The molecule has 0 radical (unpaired) electrons. The largest absolute Gasteiger partial charge is 0.488 e. The second-order valence-corrected chi connectivity index (χ2v) is 14.8. The molecule has 4 fully saturated rings. The SMILES string of the molecule is O=C(NC1CC2CC(C1)CC(C(=O)O)C2)c1cnc(-c2cn(C3CCC(F)(F)CC3)c3cc(OC4CN(CC(F)(F)F)C4)ccc23)nc1C(F)(F)F. The topological polar surface area (TPSA) is 110 Å². The molecule has 2 aromatic heterocycles. The van der Waals surface area contributed by atoms with E-state index in [1.54, 1.807) is 16.7 Å². The van der Waals surface area contributed by atoms with Gasteiger partial charge < -0.3 is 19.7 Å². The molecule has 1 saturated heterocycles. The Bertz CT molecular complexity index is 1820. The molecule has 2 atom stereocenters. The summed E-state index contributed by atoms with van der Waals surface area (Å²) in [7, 11) is 0. The van der Waals surface area contributed by atoms with Crippen LogP contribution in [0.25, 0.3) is 22.3 Å². The summed E-state index contributed by atoms with van der Waals surface area (Å²) in [5, 5.41) is 12.5. The number of aromatic nitrogens is 3. The standard InChI is InChI=1S/C35H37F8N5O4/c36-33(37)5-3-22(4-6-33)48-16-27(25-2-1-23(12-28(25)48)52-24-14-47(15-24)17-34(38,39)40)30-44-13-26(29(46-30)35(41,42)43)31(49)45-21-10-18-7-19(11-21)9-20(8-18)32(50)51/h1-2,12-13,16,18-22,24H,3-11,14-15,17H2,(H,45,49)(H,50,51). The fourth-order valence-electron chi connectivity index (χ4n) is 8.59. The Kier molecular flexibility index (Phi) is 9.39. The Morgan fingerprint density at radius 3 is 2.27 bits per heavy atom. The van der Waals surface area contributed by atoms with E-state index in [0.717, 1.165) is 12.6 Å². The quantitative estimate of drug-likeness (QED) is 0.230. The van der Waals surface area contributed by atoms with Crippen molar-refractivity contribution in [3.8, 4) is 17.1 Å². The summed E-state index contributed by atoms with van der Waals surface area (Å²) in [6.07, 6.45) is -5.55. The fraction of sp³-hybridized carbons (Fsp3) is 0.600. The number of nitrogens with one attached hydrogen (secondary N) is 1. The molecule has 4 aliphatic rings. The summed E-state index contributed by atoms with van der Waals surface area (Å²) in [4.78, 5) is 34.1. The number of carbonyl (C=O) groups excluding carboxylic acids is 1. The number of carboxylic acid groups (broad SMARTS) is 1. The molecule has 0 spiro atoms. The number of carbonyl (C=O) groups is 2. The zero-order valence-corrected chi connectivity index (χ0v) is 27.8. The van der Waals surface area contributed by atoms with Crippen molar-refractivity contribution < 1.29 is 54.6 Å². The molecule has 3 aromatic rings. The van der Waals surface area contributed by atoms with Gasteiger partial charge in [0.1, 0.15) is 11.9 Å². The van der Waals surface area contributed by atoms with Crippen LogP contribution in [-0.4, -0.2) is 80.3 Å². The first-order valence-electron chi connectivity index (χ1n) is 17.4. The van der Waals surface area contributed by atoms with E-state index in [4.69, 9.17) is 4.74 Å². The minimum atomic E-state index is -5.04. The van der Waals surface area contributed by atoms with Crippen molar-refractivity contribution in [1.82, 2.24) is 24.8 Å². The summed E-state index contributed by atoms with van der Waals surface area (Å²) < 4.78 is 118. The molecule has 3 saturated carbocycles. The van der Waals surface area contributed by atoms with Crippen LogP contribution in [0.4, 0.5) is 35.1 Å². The van der Waals surface area contributed by atoms with E-state index in [1.165, 1.54) is 17.2 Å². The third-order valence-electron chi connectivity index (χ3n) is 10.9. The van der Waals surface area contributed by atoms with Crippen molar-refractivity contribution >= 4 is 22.8 Å². The van der Waals surface area contributed by atoms with Gasteiger partial charge in [-0.3, -0.25) is 14.5 Å². The first kappa shape index (κ1) is 36.3. The van der Waals surface area contributed by atoms with E-state index >= 15 is 0 Å². The van der Waals surface area contributed by atoms with Crippen LogP contribution in [0, 0.1) is 17.8 Å². The van der Waals surface area contributed by atoms with E-state index in [-0.39, 0.29) is 62.0 Å². The van der Waals surface area contributed by atoms with Crippen molar-refractivity contribution in [3.05, 3.63) is 41.9 Å². The molecule has 2 bridgehead atoms. The van der Waals surface area contributed by atoms with Gasteiger partial charge in [0.2, 0.25) is 5.92 Å². The van der Waals surface area contributed by atoms with Gasteiger partial charge in [0.15, 0.2) is 11.5 Å². The normalized spacial score (nSPS) is 25.8. The summed E-state index contributed by atoms with van der Waals surface area (Å²) in [5.41, 5.74) is -1.58. The molecule has 3 heterocycles. The molecule has 17 heteroatoms. The maximum atomic E-state index is 14.5. The second-order valence-electron chi connectivity index (χ2n) is 14.8. The predicted octanol–water partition coefficient (Wildman–Crippen LogP) is 7.50. The van der Waals surface area contributed by atoms with Gasteiger partial charge in [-0.05, 0) is 68.9 Å². The number of likely N-dealkylation sites (tertiary alicyclic amines) is 1. The van der Waals surface area contributed by atoms with Gasteiger partial charge >= 0.3 is 18.3 Å². The van der Waals surface area contributed by atoms with Crippen LogP contribution in [0.5, 0.6) is 5.75 Å². The number of alkyl halides is 8. The number of rotatable bonds is 8. The Morgan fingerprint density at radius 2 is 1.65 bits per heavy atom. The molecule has 52 heavy (non-hydrogen) atoms. The highest BCUT2D eigenvalue weighted by molar-refractivity contribution is 5.97. The van der Waals surface area contributed by atoms with Crippen LogP contribution in [0.3, 0.4) is 0 Å². The molecule has 1 aliphatic heterocycles. The van der Waals surface area contributed by atoms with E-state index in [0.29, 0.717) is 42.3 Å². The number of hydrogen-bond donors (Lipinski definition) is 2. The molecular weight excluding hydrogens is 706 g/mol. The highest BCUT2D eigenvalue weighted by Gasteiger charge is 2.43. The third kappa shape index (κ3) is 7.83. The number of hydrogen-bond acceptors (Lipinski definition) is 6. The molecule has 1 aromatic carbocycles. The summed E-state index contributed by atoms with van der Waals surface area (Å²) in [5.74, 6) is -5.14. The Balaban J connectivity index is 1.16. The van der Waals surface area contributed by atoms with Crippen LogP contribution >= 0.6 is 0 Å². The number of nitrogens with zero attached hydrogens (tertiary/aromatic N) is 4. The summed E-state index contributed by atoms with van der Waals surface area (Å²) >= 11 is 0. The maximum absolute atomic E-state index is 14.5. The zero-order valence-electron chi connectivity index (χ0n) is 27.8. The smallest absolute Gasteiger partial charge is 0.434 e. The Hall–Kier alpha value is -4.02. The number of aliphatic carboxylic acids is 1. The van der Waals surface area contributed by atoms with Crippen LogP contribution in [0.15, 0.2) is 30.6 Å². The number of carboxylic acids is 1. The monoisotopic (exact) mass is 743 g/mol. The lowest BCUT2D eigenvalue weighted by molar-refractivity contribution is -0.162. The van der Waals surface area contributed by atoms with Gasteiger partial charge in [0.05, 0.1) is 23.5 Å². The maximum Gasteiger partial charge on any atom is 0.434 e. The van der Waals surface area contributed by atoms with E-state index in [9.17, 15) is 49.8 Å². The number of fused-ring (bicyclic) bond motifs is 3. The van der Waals surface area contributed by atoms with E-state index in [1.807, 2.05) is 0 Å². The number of benzene rings is 1. The summed E-state index contributed by atoms with van der Waals surface area (Å²) in [6, 6.07) is 3.80. The van der Waals surface area contributed by atoms with Crippen molar-refractivity contribution in [3.63, 3.8) is 0 Å². The lowest BCUT2D eigenvalue weighted by Crippen LogP contribution is -2.56. The van der Waals surface area contributed by atoms with Gasteiger partial charge in [-0.15, -0.1) is 0 Å². The van der Waals surface area contributed by atoms with Gasteiger partial charge in [-0.1, -0.05) is 0 Å². The first-order chi connectivity index (χ1) is 24.4. The highest BCUT2D eigenvalue weighted by Crippen LogP contribution is 2.44. The molecule has 282 valence electrons. The van der Waals surface area contributed by atoms with Crippen molar-refractivity contribution in [2.24, 2.45) is 17.8 Å². The molecule has 7 rings (SSSR count). The fourth-order valence-corrected chi connectivity index (χ4v) is 8.59. The van der Waals surface area contributed by atoms with Crippen LogP contribution in [-0.2, 0) is 11.0 Å². The number of ether oxygens (including phenoxy) is 1. The average Bonchev–Trinajstić information content (AvgIpc) is 3.40. The Labute approximate surface area is 292 Å². The average molecular weight is 744 g/mol. The zero-order chi connectivity index (χ0) is 37.2. The second kappa shape index (κ2) is 13.4. The summed E-state index contributed by atoms with van der Waals surface area (Å²) in [6.45, 7) is -0.980. The van der Waals surface area contributed by atoms with Crippen molar-refractivity contribution in [1.29, 1.82) is 0 Å². The molecular formula is C35H37F8N5O4. The van der Waals surface area contributed by atoms with Gasteiger partial charge in [0, 0.05) is 67.4 Å². The molecule has 9 nitrogen and oxygen atoms in total. The first-order valence-corrected chi connectivity index (χ1v) is 17.4. The van der Waals surface area contributed by atoms with Crippen molar-refractivity contribution in [2.75, 3.05) is 19.6 Å². The lowest BCUT2D eigenvalue weighted by atomic mass is 9.66. The Morgan fingerprint density at radius 1 is 0.981 bits per heavy atom. The minimum absolute atomic E-state index is 0.0380. The predicted molar refractivity (Wildman–Crippen MR) is 170 cm³/mol. The number of halogens is 8. The number of amides is 1. The van der Waals surface area contributed by atoms with Crippen LogP contribution < -0.4 is 10.1 Å².